The van der Waals surface area contributed by atoms with Crippen LogP contribution in [0.25, 0.3) is 0 Å². The summed E-state index contributed by atoms with van der Waals surface area (Å²) < 4.78 is 13.0. The number of rotatable bonds is 9. The lowest BCUT2D eigenvalue weighted by Crippen LogP contribution is -2.38. The number of nitrogens with zero attached hydrogens (tertiary/aromatic N) is 4. The molecule has 142 valence electrons. The fourth-order valence-electron chi connectivity index (χ4n) is 2.54. The highest BCUT2D eigenvalue weighted by molar-refractivity contribution is 5.79. The number of hydrogen-bond acceptors (Lipinski definition) is 5. The van der Waals surface area contributed by atoms with Gasteiger partial charge in [-0.15, -0.1) is 10.2 Å². The van der Waals surface area contributed by atoms with E-state index in [9.17, 15) is 0 Å². The molecule has 0 fully saturated rings. The van der Waals surface area contributed by atoms with Gasteiger partial charge in [0, 0.05) is 33.1 Å². The van der Waals surface area contributed by atoms with Gasteiger partial charge in [-0.1, -0.05) is 13.0 Å². The second-order valence-corrected chi connectivity index (χ2v) is 5.56. The van der Waals surface area contributed by atoms with Gasteiger partial charge in [0.1, 0.15) is 12.2 Å². The summed E-state index contributed by atoms with van der Waals surface area (Å²) >= 11 is 0. The zero-order valence-corrected chi connectivity index (χ0v) is 16.0. The van der Waals surface area contributed by atoms with Crippen LogP contribution in [0.5, 0.6) is 11.5 Å². The molecular weight excluding hydrogens is 332 g/mol. The van der Waals surface area contributed by atoms with Crippen LogP contribution in [0.3, 0.4) is 0 Å². The molecule has 2 N–H and O–H groups in total. The second kappa shape index (κ2) is 10.3. The topological polar surface area (TPSA) is 85.6 Å². The SMILES string of the molecule is CCOc1ccc(CNC(=NC)NCCn2cnnc2CC)cc1OC. The van der Waals surface area contributed by atoms with E-state index in [1.807, 2.05) is 29.7 Å². The van der Waals surface area contributed by atoms with Crippen LogP contribution < -0.4 is 20.1 Å². The van der Waals surface area contributed by atoms with E-state index < -0.39 is 0 Å². The second-order valence-electron chi connectivity index (χ2n) is 5.56. The summed E-state index contributed by atoms with van der Waals surface area (Å²) in [6.07, 6.45) is 2.62. The smallest absolute Gasteiger partial charge is 0.191 e. The van der Waals surface area contributed by atoms with Crippen LogP contribution >= 0.6 is 0 Å². The number of benzene rings is 1. The molecule has 2 aromatic rings. The minimum Gasteiger partial charge on any atom is -0.493 e. The largest absolute Gasteiger partial charge is 0.493 e. The Morgan fingerprint density at radius 3 is 2.77 bits per heavy atom. The molecule has 0 saturated heterocycles. The summed E-state index contributed by atoms with van der Waals surface area (Å²) in [4.78, 5) is 4.25. The molecule has 0 aliphatic rings. The first-order valence-electron chi connectivity index (χ1n) is 8.82. The number of aryl methyl sites for hydroxylation is 1. The number of hydrogen-bond donors (Lipinski definition) is 2. The van der Waals surface area contributed by atoms with E-state index in [1.165, 1.54) is 0 Å². The Kier molecular flexibility index (Phi) is 7.73. The Bertz CT molecular complexity index is 713. The van der Waals surface area contributed by atoms with E-state index in [-0.39, 0.29) is 0 Å². The van der Waals surface area contributed by atoms with Crippen LogP contribution in [0.1, 0.15) is 25.2 Å². The highest BCUT2D eigenvalue weighted by atomic mass is 16.5. The van der Waals surface area contributed by atoms with E-state index in [2.05, 4.69) is 32.7 Å². The van der Waals surface area contributed by atoms with Gasteiger partial charge in [-0.3, -0.25) is 4.99 Å². The Morgan fingerprint density at radius 1 is 1.23 bits per heavy atom. The fraction of sp³-hybridized carbons (Fsp3) is 0.500. The molecule has 26 heavy (non-hydrogen) atoms. The van der Waals surface area contributed by atoms with Gasteiger partial charge in [0.05, 0.1) is 13.7 Å². The van der Waals surface area contributed by atoms with Crippen molar-refractivity contribution in [3.8, 4) is 11.5 Å². The summed E-state index contributed by atoms with van der Waals surface area (Å²) in [5, 5.41) is 14.6. The average Bonchev–Trinajstić information content (AvgIpc) is 3.13. The molecule has 2 rings (SSSR count). The maximum atomic E-state index is 5.54. The normalized spacial score (nSPS) is 11.3. The van der Waals surface area contributed by atoms with Gasteiger partial charge in [0.2, 0.25) is 0 Å². The van der Waals surface area contributed by atoms with Gasteiger partial charge in [0.25, 0.3) is 0 Å². The first kappa shape index (κ1) is 19.6. The van der Waals surface area contributed by atoms with Crippen LogP contribution in [0, 0.1) is 0 Å². The van der Waals surface area contributed by atoms with Crippen LogP contribution in [-0.2, 0) is 19.5 Å². The number of aliphatic imine (C=N–C) groups is 1. The van der Waals surface area contributed by atoms with E-state index in [4.69, 9.17) is 9.47 Å². The maximum absolute atomic E-state index is 5.54. The standard InChI is InChI=1S/C18H28N6O2/c1-5-17-23-22-13-24(17)10-9-20-18(19-3)21-12-14-7-8-15(26-6-2)16(11-14)25-4/h7-8,11,13H,5-6,9-10,12H2,1-4H3,(H2,19,20,21). The van der Waals surface area contributed by atoms with Crippen molar-refractivity contribution in [3.05, 3.63) is 35.9 Å². The van der Waals surface area contributed by atoms with E-state index in [1.54, 1.807) is 20.5 Å². The minimum absolute atomic E-state index is 0.608. The number of ether oxygens (including phenoxy) is 2. The fourth-order valence-corrected chi connectivity index (χ4v) is 2.54. The van der Waals surface area contributed by atoms with E-state index in [0.717, 1.165) is 48.4 Å². The van der Waals surface area contributed by atoms with Crippen molar-refractivity contribution in [2.75, 3.05) is 27.3 Å². The molecule has 0 unspecified atom stereocenters. The van der Waals surface area contributed by atoms with E-state index >= 15 is 0 Å². The van der Waals surface area contributed by atoms with Gasteiger partial charge in [0.15, 0.2) is 17.5 Å². The molecule has 1 aromatic carbocycles. The van der Waals surface area contributed by atoms with Gasteiger partial charge in [-0.25, -0.2) is 0 Å². The summed E-state index contributed by atoms with van der Waals surface area (Å²) in [5.41, 5.74) is 1.08. The summed E-state index contributed by atoms with van der Waals surface area (Å²) in [6, 6.07) is 5.91. The van der Waals surface area contributed by atoms with Crippen molar-refractivity contribution < 1.29 is 9.47 Å². The first-order valence-corrected chi connectivity index (χ1v) is 8.82. The van der Waals surface area contributed by atoms with Gasteiger partial charge >= 0.3 is 0 Å². The van der Waals surface area contributed by atoms with Crippen molar-refractivity contribution in [1.82, 2.24) is 25.4 Å². The highest BCUT2D eigenvalue weighted by Gasteiger charge is 2.06. The van der Waals surface area contributed by atoms with Crippen molar-refractivity contribution in [3.63, 3.8) is 0 Å². The predicted molar refractivity (Wildman–Crippen MR) is 102 cm³/mol. The lowest BCUT2D eigenvalue weighted by Gasteiger charge is -2.14. The Hall–Kier alpha value is -2.77. The third kappa shape index (κ3) is 5.37. The van der Waals surface area contributed by atoms with Gasteiger partial charge in [-0.2, -0.15) is 0 Å². The molecule has 0 amide bonds. The lowest BCUT2D eigenvalue weighted by atomic mass is 10.2. The lowest BCUT2D eigenvalue weighted by molar-refractivity contribution is 0.310. The molecule has 0 bridgehead atoms. The minimum atomic E-state index is 0.608. The molecule has 1 heterocycles. The molecule has 0 spiro atoms. The van der Waals surface area contributed by atoms with Crippen LogP contribution in [-0.4, -0.2) is 48.0 Å². The molecule has 0 aliphatic carbocycles. The number of methoxy groups -OCH3 is 1. The number of nitrogens with one attached hydrogen (secondary N) is 2. The zero-order valence-electron chi connectivity index (χ0n) is 16.0. The molecule has 1 aromatic heterocycles. The average molecular weight is 360 g/mol. The molecular formula is C18H28N6O2. The van der Waals surface area contributed by atoms with Crippen molar-refractivity contribution >= 4 is 5.96 Å². The number of aromatic nitrogens is 3. The summed E-state index contributed by atoms with van der Waals surface area (Å²) in [7, 11) is 3.40. The quantitative estimate of drug-likeness (QED) is 0.522. The Labute approximate surface area is 154 Å². The Morgan fingerprint density at radius 2 is 2.08 bits per heavy atom. The Balaban J connectivity index is 1.84. The molecule has 0 saturated carbocycles. The van der Waals surface area contributed by atoms with E-state index in [0.29, 0.717) is 13.2 Å². The maximum Gasteiger partial charge on any atom is 0.191 e. The van der Waals surface area contributed by atoms with Crippen LogP contribution in [0.2, 0.25) is 0 Å². The molecule has 8 heteroatoms. The number of guanidine groups is 1. The molecule has 0 atom stereocenters. The van der Waals surface area contributed by atoms with Crippen LogP contribution in [0.15, 0.2) is 29.5 Å². The molecule has 0 aliphatic heterocycles. The van der Waals surface area contributed by atoms with Gasteiger partial charge < -0.3 is 24.7 Å². The van der Waals surface area contributed by atoms with Crippen molar-refractivity contribution in [2.24, 2.45) is 4.99 Å². The molecule has 0 radical (unpaired) electrons. The predicted octanol–water partition coefficient (Wildman–Crippen LogP) is 1.61. The highest BCUT2D eigenvalue weighted by Crippen LogP contribution is 2.27. The van der Waals surface area contributed by atoms with Gasteiger partial charge in [-0.05, 0) is 24.6 Å². The van der Waals surface area contributed by atoms with Crippen LogP contribution in [0.4, 0.5) is 0 Å². The zero-order chi connectivity index (χ0) is 18.8. The third-order valence-electron chi connectivity index (χ3n) is 3.87. The summed E-state index contributed by atoms with van der Waals surface area (Å²) in [5.74, 6) is 3.20. The summed E-state index contributed by atoms with van der Waals surface area (Å²) in [6.45, 7) is 6.78. The van der Waals surface area contributed by atoms with Crippen molar-refractivity contribution in [2.45, 2.75) is 33.4 Å². The monoisotopic (exact) mass is 360 g/mol. The van der Waals surface area contributed by atoms with Crippen molar-refractivity contribution in [1.29, 1.82) is 0 Å². The third-order valence-corrected chi connectivity index (χ3v) is 3.87. The molecule has 8 nitrogen and oxygen atoms in total. The first-order chi connectivity index (χ1) is 12.7.